The predicted molar refractivity (Wildman–Crippen MR) is 121 cm³/mol. The van der Waals surface area contributed by atoms with Crippen molar-refractivity contribution < 1.29 is 19.1 Å². The Bertz CT molecular complexity index is 832. The van der Waals surface area contributed by atoms with Crippen molar-refractivity contribution in [3.63, 3.8) is 0 Å². The molecule has 1 N–H and O–H groups in total. The fraction of sp³-hybridized carbons (Fsp3) is 0.440. The minimum Gasteiger partial charge on any atom is -0.494 e. The Hall–Kier alpha value is -3.02. The molecular weight excluding hydrogens is 392 g/mol. The summed E-state index contributed by atoms with van der Waals surface area (Å²) < 4.78 is 11.0. The van der Waals surface area contributed by atoms with Crippen LogP contribution in [-0.4, -0.2) is 49.6 Å². The quantitative estimate of drug-likeness (QED) is 0.463. The fourth-order valence-electron chi connectivity index (χ4n) is 3.72. The normalized spacial score (nSPS) is 14.2. The maximum Gasteiger partial charge on any atom is 0.309 e. The van der Waals surface area contributed by atoms with Gasteiger partial charge < -0.3 is 19.7 Å². The van der Waals surface area contributed by atoms with E-state index < -0.39 is 0 Å². The van der Waals surface area contributed by atoms with Crippen LogP contribution in [0.25, 0.3) is 0 Å². The van der Waals surface area contributed by atoms with E-state index >= 15 is 0 Å². The largest absolute Gasteiger partial charge is 0.494 e. The average Bonchev–Trinajstić information content (AvgIpc) is 2.81. The first-order valence-corrected chi connectivity index (χ1v) is 11.1. The molecule has 31 heavy (non-hydrogen) atoms. The van der Waals surface area contributed by atoms with Gasteiger partial charge in [-0.15, -0.1) is 0 Å². The molecule has 0 atom stereocenters. The number of hydrogen-bond acceptors (Lipinski definition) is 5. The summed E-state index contributed by atoms with van der Waals surface area (Å²) in [6, 6.07) is 18.1. The number of nitrogens with zero attached hydrogens (tertiary/aromatic N) is 1. The summed E-state index contributed by atoms with van der Waals surface area (Å²) >= 11 is 0. The van der Waals surface area contributed by atoms with Gasteiger partial charge in [-0.2, -0.15) is 0 Å². The molecule has 1 aliphatic rings. The minimum absolute atomic E-state index is 0.0384. The van der Waals surface area contributed by atoms with Crippen LogP contribution >= 0.6 is 0 Å². The molecule has 1 heterocycles. The number of nitrogens with one attached hydrogen (secondary N) is 1. The van der Waals surface area contributed by atoms with Crippen LogP contribution in [0.3, 0.4) is 0 Å². The van der Waals surface area contributed by atoms with Crippen LogP contribution in [0.4, 0.5) is 5.69 Å². The molecule has 6 heteroatoms. The molecule has 2 aromatic rings. The van der Waals surface area contributed by atoms with E-state index in [9.17, 15) is 9.59 Å². The van der Waals surface area contributed by atoms with Crippen LogP contribution in [0.1, 0.15) is 31.7 Å². The third kappa shape index (κ3) is 7.31. The number of piperidine rings is 1. The third-order valence-corrected chi connectivity index (χ3v) is 5.47. The Labute approximate surface area is 184 Å². The van der Waals surface area contributed by atoms with Gasteiger partial charge in [0.25, 0.3) is 0 Å². The number of ether oxygens (including phenoxy) is 2. The lowest BCUT2D eigenvalue weighted by Crippen LogP contribution is -2.43. The number of hydrogen-bond donors (Lipinski definition) is 1. The number of benzene rings is 2. The zero-order valence-electron chi connectivity index (χ0n) is 18.2. The van der Waals surface area contributed by atoms with Gasteiger partial charge in [0.05, 0.1) is 25.7 Å². The summed E-state index contributed by atoms with van der Waals surface area (Å²) in [6.45, 7) is 4.27. The molecule has 1 amide bonds. The number of esters is 1. The van der Waals surface area contributed by atoms with Gasteiger partial charge in [-0.05, 0) is 50.3 Å². The van der Waals surface area contributed by atoms with Gasteiger partial charge in [0, 0.05) is 24.8 Å². The molecule has 1 aliphatic heterocycles. The first-order chi connectivity index (χ1) is 15.2. The van der Waals surface area contributed by atoms with Crippen molar-refractivity contribution in [2.24, 2.45) is 5.92 Å². The topological polar surface area (TPSA) is 67.9 Å². The summed E-state index contributed by atoms with van der Waals surface area (Å²) in [7, 11) is 0. The smallest absolute Gasteiger partial charge is 0.309 e. The summed E-state index contributed by atoms with van der Waals surface area (Å²) in [5.74, 6) is 0.596. The maximum absolute atomic E-state index is 12.5. The molecule has 2 aromatic carbocycles. The molecule has 1 fully saturated rings. The van der Waals surface area contributed by atoms with E-state index in [0.29, 0.717) is 39.1 Å². The van der Waals surface area contributed by atoms with Crippen LogP contribution in [0.2, 0.25) is 0 Å². The molecule has 6 nitrogen and oxygen atoms in total. The Morgan fingerprint density at radius 2 is 1.84 bits per heavy atom. The van der Waals surface area contributed by atoms with E-state index in [1.54, 1.807) is 0 Å². The Kier molecular flexibility index (Phi) is 8.76. The highest BCUT2D eigenvalue weighted by atomic mass is 16.5. The van der Waals surface area contributed by atoms with Crippen LogP contribution in [0.15, 0.2) is 54.6 Å². The van der Waals surface area contributed by atoms with E-state index in [2.05, 4.69) is 29.6 Å². The van der Waals surface area contributed by atoms with Crippen molar-refractivity contribution in [1.29, 1.82) is 0 Å². The first-order valence-electron chi connectivity index (χ1n) is 11.1. The van der Waals surface area contributed by atoms with Crippen molar-refractivity contribution >= 4 is 17.6 Å². The summed E-state index contributed by atoms with van der Waals surface area (Å²) in [6.07, 6.45) is 3.26. The van der Waals surface area contributed by atoms with Gasteiger partial charge >= 0.3 is 5.97 Å². The number of rotatable bonds is 10. The van der Waals surface area contributed by atoms with E-state index in [-0.39, 0.29) is 24.3 Å². The monoisotopic (exact) mass is 424 g/mol. The van der Waals surface area contributed by atoms with E-state index in [1.165, 1.54) is 5.56 Å². The number of carbonyl (C=O) groups excluding carboxylic acids is 2. The van der Waals surface area contributed by atoms with Crippen LogP contribution in [-0.2, 0) is 20.7 Å². The van der Waals surface area contributed by atoms with Crippen molar-refractivity contribution in [3.8, 4) is 5.75 Å². The second-order valence-electron chi connectivity index (χ2n) is 7.73. The summed E-state index contributed by atoms with van der Waals surface area (Å²) in [5.41, 5.74) is 2.17. The molecule has 3 rings (SSSR count). The molecule has 166 valence electrons. The summed E-state index contributed by atoms with van der Waals surface area (Å²) in [5, 5.41) is 3.19. The molecule has 0 unspecified atom stereocenters. The molecule has 0 aromatic heterocycles. The molecular formula is C25H32N2O4. The lowest BCUT2D eigenvalue weighted by molar-refractivity contribution is -0.151. The molecule has 0 saturated carbocycles. The van der Waals surface area contributed by atoms with Crippen molar-refractivity contribution in [3.05, 3.63) is 60.2 Å². The minimum atomic E-state index is -0.145. The average molecular weight is 425 g/mol. The SMILES string of the molecule is CCOC(=O)C1CCN(C(=O)CNc2cccc(OCCCc3ccccc3)c2)CC1. The number of likely N-dealkylation sites (tertiary alicyclic amines) is 1. The van der Waals surface area contributed by atoms with Gasteiger partial charge in [0.2, 0.25) is 5.91 Å². The second-order valence-corrected chi connectivity index (χ2v) is 7.73. The zero-order valence-corrected chi connectivity index (χ0v) is 18.2. The molecule has 0 bridgehead atoms. The van der Waals surface area contributed by atoms with Gasteiger partial charge in [0.1, 0.15) is 5.75 Å². The highest BCUT2D eigenvalue weighted by Gasteiger charge is 2.27. The first kappa shape index (κ1) is 22.7. The van der Waals surface area contributed by atoms with Gasteiger partial charge in [-0.1, -0.05) is 36.4 Å². The second kappa shape index (κ2) is 12.0. The highest BCUT2D eigenvalue weighted by molar-refractivity contribution is 5.81. The van der Waals surface area contributed by atoms with Gasteiger partial charge in [-0.25, -0.2) is 0 Å². The van der Waals surface area contributed by atoms with Crippen molar-refractivity contribution in [2.75, 3.05) is 38.2 Å². The third-order valence-electron chi connectivity index (χ3n) is 5.47. The Morgan fingerprint density at radius 3 is 2.58 bits per heavy atom. The Morgan fingerprint density at radius 1 is 1.06 bits per heavy atom. The van der Waals surface area contributed by atoms with E-state index in [1.807, 2.05) is 42.2 Å². The van der Waals surface area contributed by atoms with Gasteiger partial charge in [-0.3, -0.25) is 9.59 Å². The molecule has 1 saturated heterocycles. The van der Waals surface area contributed by atoms with E-state index in [0.717, 1.165) is 24.3 Å². The number of aryl methyl sites for hydroxylation is 1. The molecule has 0 aliphatic carbocycles. The van der Waals surface area contributed by atoms with Crippen molar-refractivity contribution in [1.82, 2.24) is 4.90 Å². The molecule has 0 spiro atoms. The van der Waals surface area contributed by atoms with Crippen molar-refractivity contribution in [2.45, 2.75) is 32.6 Å². The summed E-state index contributed by atoms with van der Waals surface area (Å²) in [4.78, 5) is 26.2. The van der Waals surface area contributed by atoms with Crippen LogP contribution in [0.5, 0.6) is 5.75 Å². The predicted octanol–water partition coefficient (Wildman–Crippen LogP) is 3.91. The standard InChI is InChI=1S/C25H32N2O4/c1-2-30-25(29)21-13-15-27(16-14-21)24(28)19-26-22-11-6-12-23(18-22)31-17-7-10-20-8-4-3-5-9-20/h3-6,8-9,11-12,18,21,26H,2,7,10,13-17,19H2,1H3. The van der Waals surface area contributed by atoms with Crippen LogP contribution in [0, 0.1) is 5.92 Å². The van der Waals surface area contributed by atoms with Crippen LogP contribution < -0.4 is 10.1 Å². The lowest BCUT2D eigenvalue weighted by Gasteiger charge is -2.31. The number of anilines is 1. The Balaban J connectivity index is 1.37. The van der Waals surface area contributed by atoms with Gasteiger partial charge in [0.15, 0.2) is 0 Å². The van der Waals surface area contributed by atoms with E-state index in [4.69, 9.17) is 9.47 Å². The highest BCUT2D eigenvalue weighted by Crippen LogP contribution is 2.20. The number of amides is 1. The zero-order chi connectivity index (χ0) is 21.9. The maximum atomic E-state index is 12.5. The molecule has 0 radical (unpaired) electrons. The number of carbonyl (C=O) groups is 2. The lowest BCUT2D eigenvalue weighted by atomic mass is 9.97. The fourth-order valence-corrected chi connectivity index (χ4v) is 3.72.